The van der Waals surface area contributed by atoms with Crippen LogP contribution in [-0.2, 0) is 16.6 Å². The summed E-state index contributed by atoms with van der Waals surface area (Å²) in [6, 6.07) is 7.66. The van der Waals surface area contributed by atoms with E-state index in [-0.39, 0.29) is 34.1 Å². The summed E-state index contributed by atoms with van der Waals surface area (Å²) in [7, 11) is 0. The molecule has 7 nitrogen and oxygen atoms in total. The molecule has 2 heterocycles. The quantitative estimate of drug-likeness (QED) is 0.391. The lowest BCUT2D eigenvalue weighted by Gasteiger charge is -2.46. The van der Waals surface area contributed by atoms with Crippen molar-refractivity contribution in [1.82, 2.24) is 0 Å². The number of phenols is 4. The van der Waals surface area contributed by atoms with Crippen molar-refractivity contribution in [2.45, 2.75) is 51.4 Å². The summed E-state index contributed by atoms with van der Waals surface area (Å²) in [4.78, 5) is 13.6. The van der Waals surface area contributed by atoms with Gasteiger partial charge in [0, 0.05) is 42.0 Å². The number of benzene rings is 3. The van der Waals surface area contributed by atoms with Crippen LogP contribution in [0, 0.1) is 6.92 Å². The Morgan fingerprint density at radius 2 is 1.56 bits per heavy atom. The molecule has 3 aromatic carbocycles. The number of aromatic hydroxyl groups is 4. The van der Waals surface area contributed by atoms with Gasteiger partial charge in [0.1, 0.15) is 34.9 Å². The number of aryl methyl sites for hydroxylation is 1. The van der Waals surface area contributed by atoms with Gasteiger partial charge in [-0.3, -0.25) is 4.79 Å². The Bertz CT molecular complexity index is 1450. The van der Waals surface area contributed by atoms with E-state index in [0.29, 0.717) is 34.4 Å². The number of ether oxygens (including phenoxy) is 2. The zero-order valence-electron chi connectivity index (χ0n) is 19.2. The summed E-state index contributed by atoms with van der Waals surface area (Å²) in [6.45, 7) is 7.42. The highest BCUT2D eigenvalue weighted by molar-refractivity contribution is 6.16. The molecule has 34 heavy (non-hydrogen) atoms. The molecule has 4 N–H and O–H groups in total. The average molecular weight is 460 g/mol. The summed E-state index contributed by atoms with van der Waals surface area (Å²) in [5, 5.41) is 42.3. The minimum Gasteiger partial charge on any atom is -0.508 e. The van der Waals surface area contributed by atoms with Crippen molar-refractivity contribution in [1.29, 1.82) is 0 Å². The Morgan fingerprint density at radius 1 is 0.882 bits per heavy atom. The van der Waals surface area contributed by atoms with Gasteiger partial charge in [-0.15, -0.1) is 0 Å². The SMILES string of the molecule is Cc1cc(O)cc2c1[C@@H]1O[C@@](C)(Cc3cc4c(c(O)c31)C(=O)c1c(O)cc(O)cc1C4(C)C)O2. The first-order valence-corrected chi connectivity index (χ1v) is 11.1. The number of ketones is 1. The third kappa shape index (κ3) is 2.53. The number of carbonyl (C=O) groups is 1. The Morgan fingerprint density at radius 3 is 2.29 bits per heavy atom. The van der Waals surface area contributed by atoms with Gasteiger partial charge < -0.3 is 29.9 Å². The molecule has 174 valence electrons. The van der Waals surface area contributed by atoms with Crippen LogP contribution in [0.3, 0.4) is 0 Å². The Labute approximate surface area is 195 Å². The highest BCUT2D eigenvalue weighted by Crippen LogP contribution is 2.56. The molecule has 0 fully saturated rings. The molecular formula is C27H24O7. The van der Waals surface area contributed by atoms with Crippen LogP contribution in [0.4, 0.5) is 0 Å². The topological polar surface area (TPSA) is 116 Å². The minimum atomic E-state index is -1.02. The number of rotatable bonds is 0. The van der Waals surface area contributed by atoms with E-state index >= 15 is 0 Å². The summed E-state index contributed by atoms with van der Waals surface area (Å²) in [6.07, 6.45) is -0.384. The van der Waals surface area contributed by atoms with Gasteiger partial charge in [-0.1, -0.05) is 19.9 Å². The maximum Gasteiger partial charge on any atom is 0.212 e. The van der Waals surface area contributed by atoms with Crippen molar-refractivity contribution >= 4 is 5.78 Å². The van der Waals surface area contributed by atoms with Crippen LogP contribution in [0.15, 0.2) is 30.3 Å². The lowest BCUT2D eigenvalue weighted by molar-refractivity contribution is -0.216. The van der Waals surface area contributed by atoms with E-state index in [1.54, 1.807) is 6.07 Å². The second kappa shape index (κ2) is 6.24. The monoisotopic (exact) mass is 460 g/mol. The fraction of sp³-hybridized carbons (Fsp3) is 0.296. The minimum absolute atomic E-state index is 0.0700. The lowest BCUT2D eigenvalue weighted by atomic mass is 9.66. The predicted molar refractivity (Wildman–Crippen MR) is 122 cm³/mol. The van der Waals surface area contributed by atoms with Crippen LogP contribution in [0.2, 0.25) is 0 Å². The first kappa shape index (κ1) is 20.9. The fourth-order valence-corrected chi connectivity index (χ4v) is 5.87. The number of phenolic OH excluding ortho intramolecular Hbond substituents is 4. The smallest absolute Gasteiger partial charge is 0.212 e. The van der Waals surface area contributed by atoms with Gasteiger partial charge in [-0.25, -0.2) is 0 Å². The zero-order chi connectivity index (χ0) is 24.3. The number of hydrogen-bond donors (Lipinski definition) is 4. The van der Waals surface area contributed by atoms with Crippen LogP contribution in [0.5, 0.6) is 28.7 Å². The molecule has 2 bridgehead atoms. The van der Waals surface area contributed by atoms with Gasteiger partial charge in [0.15, 0.2) is 0 Å². The van der Waals surface area contributed by atoms with Crippen LogP contribution in [0.1, 0.15) is 76.2 Å². The molecule has 3 aromatic rings. The molecule has 0 spiro atoms. The largest absolute Gasteiger partial charge is 0.508 e. The highest BCUT2D eigenvalue weighted by Gasteiger charge is 2.49. The second-order valence-corrected chi connectivity index (χ2v) is 10.1. The summed E-state index contributed by atoms with van der Waals surface area (Å²) >= 11 is 0. The van der Waals surface area contributed by atoms with Gasteiger partial charge in [0.25, 0.3) is 0 Å². The lowest BCUT2D eigenvalue weighted by Crippen LogP contribution is -2.47. The standard InChI is InChI=1S/C27H24O7/c1-11-5-13(28)9-18-19(11)25-20-12(10-27(4,33-18)34-25)6-15-22(23(20)31)24(32)21-16(26(15,2)3)7-14(29)8-17(21)30/h5-9,25,28-31H,10H2,1-4H3/t25-,27-/m0/s1. The Kier molecular flexibility index (Phi) is 3.83. The average Bonchev–Trinajstić information content (AvgIpc) is 2.70. The molecule has 0 radical (unpaired) electrons. The molecule has 1 aliphatic carbocycles. The van der Waals surface area contributed by atoms with Crippen molar-refractivity contribution in [2.24, 2.45) is 0 Å². The second-order valence-electron chi connectivity index (χ2n) is 10.1. The van der Waals surface area contributed by atoms with Crippen LogP contribution >= 0.6 is 0 Å². The molecule has 0 saturated heterocycles. The van der Waals surface area contributed by atoms with E-state index in [1.165, 1.54) is 12.1 Å². The molecule has 0 amide bonds. The molecule has 3 aliphatic rings. The maximum absolute atomic E-state index is 13.6. The van der Waals surface area contributed by atoms with Gasteiger partial charge in [0.05, 0.1) is 11.1 Å². The zero-order valence-corrected chi connectivity index (χ0v) is 19.2. The third-order valence-corrected chi connectivity index (χ3v) is 7.39. The van der Waals surface area contributed by atoms with Crippen LogP contribution < -0.4 is 4.74 Å². The van der Waals surface area contributed by atoms with Gasteiger partial charge in [-0.2, -0.15) is 0 Å². The molecule has 7 heteroatoms. The van der Waals surface area contributed by atoms with Gasteiger partial charge in [0.2, 0.25) is 11.6 Å². The van der Waals surface area contributed by atoms with Crippen LogP contribution in [0.25, 0.3) is 0 Å². The first-order chi connectivity index (χ1) is 15.9. The van der Waals surface area contributed by atoms with E-state index in [1.807, 2.05) is 33.8 Å². The summed E-state index contributed by atoms with van der Waals surface area (Å²) < 4.78 is 12.5. The summed E-state index contributed by atoms with van der Waals surface area (Å²) in [5.74, 6) is -1.64. The van der Waals surface area contributed by atoms with E-state index < -0.39 is 23.1 Å². The fourth-order valence-electron chi connectivity index (χ4n) is 5.87. The van der Waals surface area contributed by atoms with Crippen molar-refractivity contribution in [2.75, 3.05) is 0 Å². The van der Waals surface area contributed by atoms with Crippen molar-refractivity contribution < 1.29 is 34.7 Å². The Hall–Kier alpha value is -3.71. The summed E-state index contributed by atoms with van der Waals surface area (Å²) in [5.41, 5.74) is 3.21. The van der Waals surface area contributed by atoms with E-state index in [4.69, 9.17) is 9.47 Å². The molecule has 0 unspecified atom stereocenters. The normalized spacial score (nSPS) is 23.3. The van der Waals surface area contributed by atoms with E-state index in [9.17, 15) is 25.2 Å². The molecule has 2 aliphatic heterocycles. The van der Waals surface area contributed by atoms with Crippen molar-refractivity contribution in [3.05, 3.63) is 74.8 Å². The first-order valence-electron chi connectivity index (χ1n) is 11.1. The van der Waals surface area contributed by atoms with Gasteiger partial charge in [-0.05, 0) is 41.3 Å². The number of hydrogen-bond acceptors (Lipinski definition) is 7. The van der Waals surface area contributed by atoms with Crippen LogP contribution in [-0.4, -0.2) is 32.0 Å². The van der Waals surface area contributed by atoms with Gasteiger partial charge >= 0.3 is 0 Å². The third-order valence-electron chi connectivity index (χ3n) is 7.39. The molecule has 0 aromatic heterocycles. The molecular weight excluding hydrogens is 436 g/mol. The predicted octanol–water partition coefficient (Wildman–Crippen LogP) is 4.46. The molecule has 0 saturated carbocycles. The van der Waals surface area contributed by atoms with E-state index in [2.05, 4.69) is 0 Å². The molecule has 6 rings (SSSR count). The van der Waals surface area contributed by atoms with Crippen molar-refractivity contribution in [3.8, 4) is 28.7 Å². The highest BCUT2D eigenvalue weighted by atomic mass is 16.7. The Balaban J connectivity index is 1.66. The van der Waals surface area contributed by atoms with Crippen molar-refractivity contribution in [3.63, 3.8) is 0 Å². The number of fused-ring (bicyclic) bond motifs is 8. The number of carbonyl (C=O) groups excluding carboxylic acids is 1. The van der Waals surface area contributed by atoms with E-state index in [0.717, 1.165) is 17.2 Å². The molecule has 2 atom stereocenters. The maximum atomic E-state index is 13.6.